The Kier molecular flexibility index (Phi) is 5.14. The van der Waals surface area contributed by atoms with Crippen LogP contribution >= 0.6 is 11.6 Å². The first-order valence-corrected chi connectivity index (χ1v) is 8.40. The molecule has 0 saturated carbocycles. The number of hydrogen-bond donors (Lipinski definition) is 1. The summed E-state index contributed by atoms with van der Waals surface area (Å²) in [7, 11) is 1.79. The molecule has 6 heteroatoms. The number of halogens is 1. The van der Waals surface area contributed by atoms with Crippen LogP contribution in [-0.4, -0.2) is 29.7 Å². The van der Waals surface area contributed by atoms with Crippen molar-refractivity contribution in [1.82, 2.24) is 15.5 Å². The fraction of sp³-hybridized carbons (Fsp3) is 0.211. The van der Waals surface area contributed by atoms with Gasteiger partial charge in [0.25, 0.3) is 0 Å². The third-order valence-corrected chi connectivity index (χ3v) is 4.26. The summed E-state index contributed by atoms with van der Waals surface area (Å²) in [5.41, 5.74) is 1.10. The summed E-state index contributed by atoms with van der Waals surface area (Å²) in [6.45, 7) is 2.17. The average Bonchev–Trinajstić information content (AvgIpc) is 2.61. The normalized spacial score (nSPS) is 12.0. The van der Waals surface area contributed by atoms with Gasteiger partial charge in [-0.2, -0.15) is 0 Å². The van der Waals surface area contributed by atoms with Gasteiger partial charge in [0, 0.05) is 7.05 Å². The Morgan fingerprint density at radius 3 is 2.64 bits per heavy atom. The van der Waals surface area contributed by atoms with Crippen LogP contribution < -0.4 is 10.2 Å². The number of fused-ring (bicyclic) bond motifs is 1. The molecule has 3 rings (SSSR count). The van der Waals surface area contributed by atoms with Crippen LogP contribution in [0.2, 0.25) is 5.15 Å². The van der Waals surface area contributed by atoms with Gasteiger partial charge in [0.05, 0.1) is 12.6 Å². The SMILES string of the molecule is C[C@@H](NC(=O)CN(C)c1ccc(Cl)nn1)c1cccc2ccccc12. The van der Waals surface area contributed by atoms with Crippen LogP contribution in [0, 0.1) is 0 Å². The number of amides is 1. The maximum atomic E-state index is 12.4. The number of hydrogen-bond acceptors (Lipinski definition) is 4. The van der Waals surface area contributed by atoms with Crippen LogP contribution in [0.4, 0.5) is 5.82 Å². The highest BCUT2D eigenvalue weighted by Crippen LogP contribution is 2.24. The lowest BCUT2D eigenvalue weighted by molar-refractivity contribution is -0.120. The number of carbonyl (C=O) groups is 1. The molecule has 0 aliphatic carbocycles. The van der Waals surface area contributed by atoms with E-state index in [2.05, 4.69) is 33.7 Å². The molecule has 1 heterocycles. The molecule has 0 spiro atoms. The van der Waals surface area contributed by atoms with Crippen molar-refractivity contribution in [2.75, 3.05) is 18.5 Å². The first-order valence-electron chi connectivity index (χ1n) is 8.02. The summed E-state index contributed by atoms with van der Waals surface area (Å²) in [5, 5.41) is 13.4. The number of rotatable bonds is 5. The molecular formula is C19H19ClN4O. The van der Waals surface area contributed by atoms with Crippen LogP contribution in [0.5, 0.6) is 0 Å². The van der Waals surface area contributed by atoms with E-state index in [0.29, 0.717) is 11.0 Å². The van der Waals surface area contributed by atoms with E-state index in [0.717, 1.165) is 16.3 Å². The van der Waals surface area contributed by atoms with E-state index in [1.54, 1.807) is 24.1 Å². The van der Waals surface area contributed by atoms with E-state index in [9.17, 15) is 4.79 Å². The van der Waals surface area contributed by atoms with Gasteiger partial charge in [-0.05, 0) is 35.4 Å². The van der Waals surface area contributed by atoms with Crippen LogP contribution in [0.25, 0.3) is 10.8 Å². The maximum Gasteiger partial charge on any atom is 0.240 e. The van der Waals surface area contributed by atoms with Crippen molar-refractivity contribution in [2.24, 2.45) is 0 Å². The van der Waals surface area contributed by atoms with E-state index in [1.807, 2.05) is 31.2 Å². The van der Waals surface area contributed by atoms with E-state index >= 15 is 0 Å². The van der Waals surface area contributed by atoms with Crippen molar-refractivity contribution in [1.29, 1.82) is 0 Å². The summed E-state index contributed by atoms with van der Waals surface area (Å²) >= 11 is 5.74. The Morgan fingerprint density at radius 2 is 1.88 bits per heavy atom. The highest BCUT2D eigenvalue weighted by molar-refractivity contribution is 6.29. The molecule has 1 aromatic heterocycles. The Balaban J connectivity index is 1.68. The number of nitrogens with one attached hydrogen (secondary N) is 1. The first kappa shape index (κ1) is 17.2. The molecule has 3 aromatic rings. The second kappa shape index (κ2) is 7.49. The third-order valence-electron chi connectivity index (χ3n) is 4.06. The van der Waals surface area contributed by atoms with Gasteiger partial charge in [0.2, 0.25) is 5.91 Å². The fourth-order valence-electron chi connectivity index (χ4n) is 2.80. The molecule has 1 atom stereocenters. The lowest BCUT2D eigenvalue weighted by Gasteiger charge is -2.20. The Labute approximate surface area is 151 Å². The number of nitrogens with zero attached hydrogens (tertiary/aromatic N) is 3. The van der Waals surface area contributed by atoms with E-state index in [4.69, 9.17) is 11.6 Å². The Morgan fingerprint density at radius 1 is 1.12 bits per heavy atom. The predicted octanol–water partition coefficient (Wildman–Crippen LogP) is 3.60. The molecule has 1 amide bonds. The van der Waals surface area contributed by atoms with Crippen molar-refractivity contribution in [2.45, 2.75) is 13.0 Å². The largest absolute Gasteiger partial charge is 0.349 e. The summed E-state index contributed by atoms with van der Waals surface area (Å²) in [6.07, 6.45) is 0. The minimum Gasteiger partial charge on any atom is -0.349 e. The highest BCUT2D eigenvalue weighted by Gasteiger charge is 2.14. The van der Waals surface area contributed by atoms with Crippen LogP contribution in [0.1, 0.15) is 18.5 Å². The van der Waals surface area contributed by atoms with Crippen molar-refractivity contribution in [3.05, 3.63) is 65.3 Å². The van der Waals surface area contributed by atoms with Gasteiger partial charge >= 0.3 is 0 Å². The number of anilines is 1. The standard InChI is InChI=1S/C19H19ClN4O/c1-13(15-9-5-7-14-6-3-4-8-16(14)15)21-19(25)12-24(2)18-11-10-17(20)22-23-18/h3-11,13H,12H2,1-2H3,(H,21,25)/t13-/m1/s1. The summed E-state index contributed by atoms with van der Waals surface area (Å²) in [5.74, 6) is 0.511. The van der Waals surface area contributed by atoms with Crippen molar-refractivity contribution in [3.63, 3.8) is 0 Å². The van der Waals surface area contributed by atoms with Gasteiger partial charge in [0.1, 0.15) is 0 Å². The number of benzene rings is 2. The molecule has 0 fully saturated rings. The zero-order chi connectivity index (χ0) is 17.8. The molecule has 0 bridgehead atoms. The second-order valence-electron chi connectivity index (χ2n) is 5.93. The molecule has 0 saturated heterocycles. The molecule has 0 radical (unpaired) electrons. The smallest absolute Gasteiger partial charge is 0.240 e. The number of aromatic nitrogens is 2. The molecule has 0 aliphatic heterocycles. The lowest BCUT2D eigenvalue weighted by Crippen LogP contribution is -2.36. The van der Waals surface area contributed by atoms with Crippen LogP contribution in [0.3, 0.4) is 0 Å². The number of carbonyl (C=O) groups excluding carboxylic acids is 1. The van der Waals surface area contributed by atoms with E-state index < -0.39 is 0 Å². The first-order chi connectivity index (χ1) is 12.0. The molecule has 0 aliphatic rings. The Bertz CT molecular complexity index is 877. The van der Waals surface area contributed by atoms with Gasteiger partial charge in [-0.3, -0.25) is 4.79 Å². The molecule has 1 N–H and O–H groups in total. The lowest BCUT2D eigenvalue weighted by atomic mass is 10.00. The zero-order valence-corrected chi connectivity index (χ0v) is 14.9. The number of likely N-dealkylation sites (N-methyl/N-ethyl adjacent to an activating group) is 1. The van der Waals surface area contributed by atoms with Crippen molar-refractivity contribution >= 4 is 34.1 Å². The highest BCUT2D eigenvalue weighted by atomic mass is 35.5. The molecular weight excluding hydrogens is 336 g/mol. The summed E-state index contributed by atoms with van der Waals surface area (Å²) in [6, 6.07) is 17.6. The quantitative estimate of drug-likeness (QED) is 0.760. The van der Waals surface area contributed by atoms with Crippen LogP contribution in [0.15, 0.2) is 54.6 Å². The molecule has 25 heavy (non-hydrogen) atoms. The van der Waals surface area contributed by atoms with Gasteiger partial charge < -0.3 is 10.2 Å². The van der Waals surface area contributed by atoms with Gasteiger partial charge in [0.15, 0.2) is 11.0 Å². The van der Waals surface area contributed by atoms with Crippen molar-refractivity contribution in [3.8, 4) is 0 Å². The van der Waals surface area contributed by atoms with Crippen LogP contribution in [-0.2, 0) is 4.79 Å². The monoisotopic (exact) mass is 354 g/mol. The predicted molar refractivity (Wildman–Crippen MR) is 101 cm³/mol. The molecule has 2 aromatic carbocycles. The minimum absolute atomic E-state index is 0.0836. The zero-order valence-electron chi connectivity index (χ0n) is 14.1. The van der Waals surface area contributed by atoms with Gasteiger partial charge in [-0.25, -0.2) is 0 Å². The van der Waals surface area contributed by atoms with E-state index in [1.165, 1.54) is 0 Å². The van der Waals surface area contributed by atoms with Gasteiger partial charge in [-0.1, -0.05) is 54.1 Å². The Hall–Kier alpha value is -2.66. The van der Waals surface area contributed by atoms with Crippen molar-refractivity contribution < 1.29 is 4.79 Å². The average molecular weight is 355 g/mol. The molecule has 128 valence electrons. The fourth-order valence-corrected chi connectivity index (χ4v) is 2.90. The minimum atomic E-state index is -0.0942. The third kappa shape index (κ3) is 4.06. The summed E-state index contributed by atoms with van der Waals surface area (Å²) in [4.78, 5) is 14.1. The molecule has 0 unspecified atom stereocenters. The van der Waals surface area contributed by atoms with Gasteiger partial charge in [-0.15, -0.1) is 10.2 Å². The summed E-state index contributed by atoms with van der Waals surface area (Å²) < 4.78 is 0. The second-order valence-corrected chi connectivity index (χ2v) is 6.32. The molecule has 5 nitrogen and oxygen atoms in total. The maximum absolute atomic E-state index is 12.4. The van der Waals surface area contributed by atoms with E-state index in [-0.39, 0.29) is 18.5 Å². The topological polar surface area (TPSA) is 58.1 Å².